The SMILES string of the molecule is CC(=O)N1CCC[C@@H](c2cc(Cc3ccccc3Cl)cc(C)n2)C1. The van der Waals surface area contributed by atoms with Gasteiger partial charge in [-0.15, -0.1) is 0 Å². The van der Waals surface area contributed by atoms with Gasteiger partial charge < -0.3 is 4.90 Å². The van der Waals surface area contributed by atoms with Crippen LogP contribution in [0.2, 0.25) is 5.02 Å². The summed E-state index contributed by atoms with van der Waals surface area (Å²) in [5.74, 6) is 0.483. The van der Waals surface area contributed by atoms with Crippen LogP contribution < -0.4 is 0 Å². The number of benzene rings is 1. The summed E-state index contributed by atoms with van der Waals surface area (Å²) in [7, 11) is 0. The first-order valence-corrected chi connectivity index (χ1v) is 8.87. The first-order chi connectivity index (χ1) is 11.5. The predicted octanol–water partition coefficient (Wildman–Crippen LogP) is 4.36. The third-order valence-corrected chi connectivity index (χ3v) is 5.04. The molecule has 1 atom stereocenters. The van der Waals surface area contributed by atoms with E-state index in [0.29, 0.717) is 5.92 Å². The highest BCUT2D eigenvalue weighted by molar-refractivity contribution is 6.31. The summed E-state index contributed by atoms with van der Waals surface area (Å²) >= 11 is 6.30. The number of likely N-dealkylation sites (tertiary alicyclic amines) is 1. The van der Waals surface area contributed by atoms with Gasteiger partial charge in [-0.3, -0.25) is 9.78 Å². The van der Waals surface area contributed by atoms with Crippen LogP contribution >= 0.6 is 11.6 Å². The maximum Gasteiger partial charge on any atom is 0.219 e. The summed E-state index contributed by atoms with van der Waals surface area (Å²) in [6.45, 7) is 5.32. The maximum atomic E-state index is 11.7. The quantitative estimate of drug-likeness (QED) is 0.830. The van der Waals surface area contributed by atoms with Gasteiger partial charge in [0, 0.05) is 42.3 Å². The first-order valence-electron chi connectivity index (χ1n) is 8.49. The molecule has 3 rings (SSSR count). The Morgan fingerprint density at radius 1 is 1.33 bits per heavy atom. The van der Waals surface area contributed by atoms with Crippen LogP contribution in [0.25, 0.3) is 0 Å². The van der Waals surface area contributed by atoms with Crippen LogP contribution in [-0.4, -0.2) is 28.9 Å². The number of nitrogens with zero attached hydrogens (tertiary/aromatic N) is 2. The number of hydrogen-bond acceptors (Lipinski definition) is 2. The lowest BCUT2D eigenvalue weighted by atomic mass is 9.92. The predicted molar refractivity (Wildman–Crippen MR) is 97.5 cm³/mol. The van der Waals surface area contributed by atoms with Gasteiger partial charge in [0.1, 0.15) is 0 Å². The number of pyridine rings is 1. The lowest BCUT2D eigenvalue weighted by Gasteiger charge is -2.32. The molecule has 126 valence electrons. The number of rotatable bonds is 3. The number of aromatic nitrogens is 1. The highest BCUT2D eigenvalue weighted by Gasteiger charge is 2.24. The second kappa shape index (κ2) is 7.35. The van der Waals surface area contributed by atoms with Crippen molar-refractivity contribution in [2.75, 3.05) is 13.1 Å². The van der Waals surface area contributed by atoms with E-state index in [-0.39, 0.29) is 5.91 Å². The molecule has 1 saturated heterocycles. The Balaban J connectivity index is 1.84. The van der Waals surface area contributed by atoms with Crippen LogP contribution in [0.15, 0.2) is 36.4 Å². The standard InChI is InChI=1S/C20H23ClN2O/c1-14-10-16(11-17-6-3-4-8-19(17)21)12-20(22-14)18-7-5-9-23(13-18)15(2)24/h3-4,6,8,10,12,18H,5,7,9,11,13H2,1-2H3/t18-/m1/s1. The molecular formula is C20H23ClN2O. The summed E-state index contributed by atoms with van der Waals surface area (Å²) in [5, 5.41) is 0.800. The van der Waals surface area contributed by atoms with Crippen molar-refractivity contribution in [2.24, 2.45) is 0 Å². The smallest absolute Gasteiger partial charge is 0.219 e. The van der Waals surface area contributed by atoms with E-state index in [1.165, 1.54) is 5.56 Å². The molecule has 0 saturated carbocycles. The molecule has 1 aromatic carbocycles. The summed E-state index contributed by atoms with van der Waals surface area (Å²) in [5.41, 5.74) is 4.48. The molecule has 24 heavy (non-hydrogen) atoms. The third kappa shape index (κ3) is 3.96. The second-order valence-electron chi connectivity index (χ2n) is 6.61. The molecule has 1 aromatic heterocycles. The molecule has 3 nitrogen and oxygen atoms in total. The Labute approximate surface area is 148 Å². The molecule has 1 aliphatic rings. The van der Waals surface area contributed by atoms with Crippen LogP contribution in [-0.2, 0) is 11.2 Å². The molecule has 0 radical (unpaired) electrons. The normalized spacial score (nSPS) is 17.8. The maximum absolute atomic E-state index is 11.7. The van der Waals surface area contributed by atoms with Crippen LogP contribution in [0.4, 0.5) is 0 Å². The van der Waals surface area contributed by atoms with Crippen molar-refractivity contribution in [2.45, 2.75) is 39.0 Å². The van der Waals surface area contributed by atoms with Crippen molar-refractivity contribution in [1.82, 2.24) is 9.88 Å². The van der Waals surface area contributed by atoms with Crippen molar-refractivity contribution >= 4 is 17.5 Å². The number of carbonyl (C=O) groups is 1. The van der Waals surface area contributed by atoms with Gasteiger partial charge in [-0.25, -0.2) is 0 Å². The fraction of sp³-hybridized carbons (Fsp3) is 0.400. The molecule has 1 aliphatic heterocycles. The highest BCUT2D eigenvalue weighted by atomic mass is 35.5. The lowest BCUT2D eigenvalue weighted by molar-refractivity contribution is -0.130. The van der Waals surface area contributed by atoms with E-state index in [0.717, 1.165) is 54.3 Å². The van der Waals surface area contributed by atoms with Gasteiger partial charge in [0.2, 0.25) is 5.91 Å². The molecule has 2 heterocycles. The van der Waals surface area contributed by atoms with E-state index in [9.17, 15) is 4.79 Å². The number of amides is 1. The van der Waals surface area contributed by atoms with Crippen LogP contribution in [0, 0.1) is 6.92 Å². The summed E-state index contributed by atoms with van der Waals surface area (Å²) in [6.07, 6.45) is 2.94. The Bertz CT molecular complexity index is 744. The molecule has 1 amide bonds. The van der Waals surface area contributed by atoms with Gasteiger partial charge in [-0.2, -0.15) is 0 Å². The van der Waals surface area contributed by atoms with Crippen LogP contribution in [0.3, 0.4) is 0 Å². The van der Waals surface area contributed by atoms with E-state index in [1.807, 2.05) is 30.0 Å². The van der Waals surface area contributed by atoms with E-state index in [1.54, 1.807) is 6.92 Å². The molecule has 0 aliphatic carbocycles. The molecule has 2 aromatic rings. The van der Waals surface area contributed by atoms with Crippen LogP contribution in [0.1, 0.15) is 48.2 Å². The van der Waals surface area contributed by atoms with E-state index in [4.69, 9.17) is 16.6 Å². The van der Waals surface area contributed by atoms with E-state index < -0.39 is 0 Å². The number of piperidine rings is 1. The fourth-order valence-electron chi connectivity index (χ4n) is 3.45. The van der Waals surface area contributed by atoms with Crippen LogP contribution in [0.5, 0.6) is 0 Å². The molecular weight excluding hydrogens is 320 g/mol. The number of hydrogen-bond donors (Lipinski definition) is 0. The zero-order valence-electron chi connectivity index (χ0n) is 14.3. The number of halogens is 1. The summed E-state index contributed by atoms with van der Waals surface area (Å²) in [4.78, 5) is 18.4. The van der Waals surface area contributed by atoms with Gasteiger partial charge in [0.25, 0.3) is 0 Å². The van der Waals surface area contributed by atoms with E-state index in [2.05, 4.69) is 18.2 Å². The van der Waals surface area contributed by atoms with Gasteiger partial charge >= 0.3 is 0 Å². The average Bonchev–Trinajstić information content (AvgIpc) is 2.56. The minimum atomic E-state index is 0.156. The van der Waals surface area contributed by atoms with Gasteiger partial charge in [-0.1, -0.05) is 29.8 Å². The molecule has 0 unspecified atom stereocenters. The third-order valence-electron chi connectivity index (χ3n) is 4.67. The van der Waals surface area contributed by atoms with Crippen molar-refractivity contribution in [1.29, 1.82) is 0 Å². The monoisotopic (exact) mass is 342 g/mol. The van der Waals surface area contributed by atoms with Gasteiger partial charge in [0.15, 0.2) is 0 Å². The van der Waals surface area contributed by atoms with Gasteiger partial charge in [0.05, 0.1) is 0 Å². The Morgan fingerprint density at radius 3 is 2.88 bits per heavy atom. The summed E-state index contributed by atoms with van der Waals surface area (Å²) < 4.78 is 0. The van der Waals surface area contributed by atoms with Gasteiger partial charge in [-0.05, 0) is 55.5 Å². The summed E-state index contributed by atoms with van der Waals surface area (Å²) in [6, 6.07) is 12.3. The van der Waals surface area contributed by atoms with Crippen molar-refractivity contribution in [3.8, 4) is 0 Å². The lowest BCUT2D eigenvalue weighted by Crippen LogP contribution is -2.37. The van der Waals surface area contributed by atoms with Crippen molar-refractivity contribution in [3.63, 3.8) is 0 Å². The molecule has 0 bridgehead atoms. The second-order valence-corrected chi connectivity index (χ2v) is 7.02. The Kier molecular flexibility index (Phi) is 5.20. The molecule has 4 heteroatoms. The minimum absolute atomic E-state index is 0.156. The topological polar surface area (TPSA) is 33.2 Å². The highest BCUT2D eigenvalue weighted by Crippen LogP contribution is 2.28. The average molecular weight is 343 g/mol. The zero-order valence-corrected chi connectivity index (χ0v) is 15.0. The van der Waals surface area contributed by atoms with E-state index >= 15 is 0 Å². The van der Waals surface area contributed by atoms with Crippen molar-refractivity contribution < 1.29 is 4.79 Å². The fourth-order valence-corrected chi connectivity index (χ4v) is 3.65. The minimum Gasteiger partial charge on any atom is -0.342 e. The zero-order chi connectivity index (χ0) is 17.1. The number of carbonyl (C=O) groups excluding carboxylic acids is 1. The van der Waals surface area contributed by atoms with Crippen molar-refractivity contribution in [3.05, 3.63) is 63.9 Å². The Morgan fingerprint density at radius 2 is 2.12 bits per heavy atom. The number of aryl methyl sites for hydroxylation is 1. The largest absolute Gasteiger partial charge is 0.342 e. The molecule has 1 fully saturated rings. The first kappa shape index (κ1) is 17.0. The molecule has 0 N–H and O–H groups in total. The molecule has 0 spiro atoms. The Hall–Kier alpha value is -1.87.